The van der Waals surface area contributed by atoms with Crippen LogP contribution in [0.2, 0.25) is 0 Å². The van der Waals surface area contributed by atoms with Crippen LogP contribution >= 0.6 is 11.3 Å². The number of anilines is 1. The Morgan fingerprint density at radius 1 is 1.17 bits per heavy atom. The van der Waals surface area contributed by atoms with E-state index >= 15 is 0 Å². The van der Waals surface area contributed by atoms with Gasteiger partial charge in [0.15, 0.2) is 0 Å². The Balaban J connectivity index is 2.37. The highest BCUT2D eigenvalue weighted by Crippen LogP contribution is 2.29. The van der Waals surface area contributed by atoms with Crippen LogP contribution in [0, 0.1) is 0 Å². The van der Waals surface area contributed by atoms with Crippen molar-refractivity contribution in [3.63, 3.8) is 0 Å². The molecule has 0 aliphatic heterocycles. The topological polar surface area (TPSA) is 37.8 Å². The fourth-order valence-electron chi connectivity index (χ4n) is 1.87. The van der Waals surface area contributed by atoms with Gasteiger partial charge < -0.3 is 5.32 Å². The van der Waals surface area contributed by atoms with E-state index in [1.807, 2.05) is 0 Å². The Bertz CT molecular complexity index is 519. The lowest BCUT2D eigenvalue weighted by Crippen LogP contribution is -2.05. The van der Waals surface area contributed by atoms with E-state index in [1.165, 1.54) is 23.1 Å². The summed E-state index contributed by atoms with van der Waals surface area (Å²) in [4.78, 5) is 11.7. The first-order valence-corrected chi connectivity index (χ1v) is 7.63. The van der Waals surface area contributed by atoms with Crippen LogP contribution in [-0.4, -0.2) is 16.5 Å². The fourth-order valence-corrected chi connectivity index (χ4v) is 2.85. The highest BCUT2D eigenvalue weighted by Gasteiger charge is 2.10. The SMILES string of the molecule is CCCCNc1nc(CC)nc2sc(CC)cc12. The number of nitrogens with zero attached hydrogens (tertiary/aromatic N) is 2. The lowest BCUT2D eigenvalue weighted by Gasteiger charge is -2.07. The molecule has 0 atom stereocenters. The van der Waals surface area contributed by atoms with Crippen molar-refractivity contribution in [3.8, 4) is 0 Å². The minimum absolute atomic E-state index is 0.887. The smallest absolute Gasteiger partial charge is 0.138 e. The van der Waals surface area contributed by atoms with Gasteiger partial charge in [-0.25, -0.2) is 9.97 Å². The van der Waals surface area contributed by atoms with Crippen molar-refractivity contribution in [1.82, 2.24) is 9.97 Å². The summed E-state index contributed by atoms with van der Waals surface area (Å²) in [6.07, 6.45) is 4.33. The lowest BCUT2D eigenvalue weighted by molar-refractivity contribution is 0.829. The van der Waals surface area contributed by atoms with E-state index in [9.17, 15) is 0 Å². The molecule has 2 rings (SSSR count). The Labute approximate surface area is 113 Å². The molecule has 3 nitrogen and oxygen atoms in total. The van der Waals surface area contributed by atoms with Gasteiger partial charge in [0, 0.05) is 17.8 Å². The van der Waals surface area contributed by atoms with Crippen LogP contribution in [0.25, 0.3) is 10.2 Å². The summed E-state index contributed by atoms with van der Waals surface area (Å²) in [5.41, 5.74) is 0. The van der Waals surface area contributed by atoms with Crippen molar-refractivity contribution < 1.29 is 0 Å². The fraction of sp³-hybridized carbons (Fsp3) is 0.571. The number of rotatable bonds is 6. The molecular formula is C14H21N3S. The Morgan fingerprint density at radius 3 is 2.67 bits per heavy atom. The molecule has 98 valence electrons. The van der Waals surface area contributed by atoms with Crippen LogP contribution in [0.1, 0.15) is 44.3 Å². The highest BCUT2D eigenvalue weighted by atomic mass is 32.1. The Morgan fingerprint density at radius 2 is 2.00 bits per heavy atom. The third kappa shape index (κ3) is 2.80. The van der Waals surface area contributed by atoms with E-state index in [4.69, 9.17) is 0 Å². The molecule has 0 spiro atoms. The maximum Gasteiger partial charge on any atom is 0.138 e. The molecule has 2 heterocycles. The van der Waals surface area contributed by atoms with E-state index in [0.29, 0.717) is 0 Å². The number of thiophene rings is 1. The van der Waals surface area contributed by atoms with Crippen LogP contribution in [0.3, 0.4) is 0 Å². The van der Waals surface area contributed by atoms with Gasteiger partial charge in [0.05, 0.1) is 5.39 Å². The number of aromatic nitrogens is 2. The number of fused-ring (bicyclic) bond motifs is 1. The normalized spacial score (nSPS) is 11.1. The zero-order valence-corrected chi connectivity index (χ0v) is 12.2. The van der Waals surface area contributed by atoms with Gasteiger partial charge in [0.1, 0.15) is 16.5 Å². The zero-order chi connectivity index (χ0) is 13.0. The number of aryl methyl sites for hydroxylation is 2. The van der Waals surface area contributed by atoms with Gasteiger partial charge in [-0.1, -0.05) is 27.2 Å². The standard InChI is InChI=1S/C14H21N3S/c1-4-7-8-15-13-11-9-10(5-2)18-14(11)17-12(6-3)16-13/h9H,4-8H2,1-3H3,(H,15,16,17). The van der Waals surface area contributed by atoms with Crippen molar-refractivity contribution >= 4 is 27.4 Å². The van der Waals surface area contributed by atoms with Gasteiger partial charge in [-0.05, 0) is 18.9 Å². The average molecular weight is 263 g/mol. The molecule has 0 aliphatic rings. The molecule has 0 fully saturated rings. The minimum atomic E-state index is 0.887. The molecule has 0 saturated heterocycles. The van der Waals surface area contributed by atoms with E-state index in [1.54, 1.807) is 11.3 Å². The summed E-state index contributed by atoms with van der Waals surface area (Å²) >= 11 is 1.79. The number of nitrogens with one attached hydrogen (secondary N) is 1. The van der Waals surface area contributed by atoms with Gasteiger partial charge >= 0.3 is 0 Å². The summed E-state index contributed by atoms with van der Waals surface area (Å²) in [7, 11) is 0. The van der Waals surface area contributed by atoms with E-state index in [0.717, 1.165) is 35.9 Å². The summed E-state index contributed by atoms with van der Waals surface area (Å²) in [5, 5.41) is 4.64. The number of hydrogen-bond donors (Lipinski definition) is 1. The first-order valence-electron chi connectivity index (χ1n) is 6.81. The third-order valence-electron chi connectivity index (χ3n) is 2.98. The largest absolute Gasteiger partial charge is 0.369 e. The summed E-state index contributed by atoms with van der Waals surface area (Å²) in [5.74, 6) is 1.95. The van der Waals surface area contributed by atoms with E-state index in [-0.39, 0.29) is 0 Å². The first kappa shape index (κ1) is 13.3. The maximum absolute atomic E-state index is 4.62. The van der Waals surface area contributed by atoms with E-state index < -0.39 is 0 Å². The van der Waals surface area contributed by atoms with Crippen LogP contribution < -0.4 is 5.32 Å². The molecule has 2 aromatic rings. The Hall–Kier alpha value is -1.16. The van der Waals surface area contributed by atoms with Crippen molar-refractivity contribution in [2.75, 3.05) is 11.9 Å². The molecule has 0 bridgehead atoms. The van der Waals surface area contributed by atoms with E-state index in [2.05, 4.69) is 42.1 Å². The number of hydrogen-bond acceptors (Lipinski definition) is 4. The molecule has 0 amide bonds. The van der Waals surface area contributed by atoms with Crippen LogP contribution in [-0.2, 0) is 12.8 Å². The predicted molar refractivity (Wildman–Crippen MR) is 79.6 cm³/mol. The molecule has 18 heavy (non-hydrogen) atoms. The highest BCUT2D eigenvalue weighted by molar-refractivity contribution is 7.18. The zero-order valence-electron chi connectivity index (χ0n) is 11.4. The molecule has 0 radical (unpaired) electrons. The third-order valence-corrected chi connectivity index (χ3v) is 4.15. The monoisotopic (exact) mass is 263 g/mol. The van der Waals surface area contributed by atoms with Crippen molar-refractivity contribution in [2.24, 2.45) is 0 Å². The second kappa shape index (κ2) is 6.14. The van der Waals surface area contributed by atoms with Gasteiger partial charge in [0.2, 0.25) is 0 Å². The second-order valence-corrected chi connectivity index (χ2v) is 5.52. The minimum Gasteiger partial charge on any atom is -0.369 e. The predicted octanol–water partition coefficient (Wildman–Crippen LogP) is 4.03. The van der Waals surface area contributed by atoms with Crippen molar-refractivity contribution in [3.05, 3.63) is 16.8 Å². The van der Waals surface area contributed by atoms with Gasteiger partial charge in [-0.3, -0.25) is 0 Å². The molecule has 0 aliphatic carbocycles. The molecule has 4 heteroatoms. The molecular weight excluding hydrogens is 242 g/mol. The summed E-state index contributed by atoms with van der Waals surface area (Å²) in [6.45, 7) is 7.48. The number of unbranched alkanes of at least 4 members (excludes halogenated alkanes) is 1. The molecule has 0 saturated carbocycles. The van der Waals surface area contributed by atoms with Gasteiger partial charge in [-0.15, -0.1) is 11.3 Å². The van der Waals surface area contributed by atoms with Gasteiger partial charge in [0.25, 0.3) is 0 Å². The second-order valence-electron chi connectivity index (χ2n) is 4.41. The lowest BCUT2D eigenvalue weighted by atomic mass is 10.3. The van der Waals surface area contributed by atoms with Crippen molar-refractivity contribution in [1.29, 1.82) is 0 Å². The van der Waals surface area contributed by atoms with Crippen LogP contribution in [0.5, 0.6) is 0 Å². The average Bonchev–Trinajstić information content (AvgIpc) is 2.81. The summed E-state index contributed by atoms with van der Waals surface area (Å²) in [6, 6.07) is 2.23. The maximum atomic E-state index is 4.62. The van der Waals surface area contributed by atoms with Crippen molar-refractivity contribution in [2.45, 2.75) is 46.5 Å². The molecule has 2 aromatic heterocycles. The Kier molecular flexibility index (Phi) is 4.53. The quantitative estimate of drug-likeness (QED) is 0.800. The van der Waals surface area contributed by atoms with Crippen LogP contribution in [0.15, 0.2) is 6.07 Å². The van der Waals surface area contributed by atoms with Crippen LogP contribution in [0.4, 0.5) is 5.82 Å². The molecule has 0 aromatic carbocycles. The molecule has 1 N–H and O–H groups in total. The summed E-state index contributed by atoms with van der Waals surface area (Å²) < 4.78 is 0. The van der Waals surface area contributed by atoms with Gasteiger partial charge in [-0.2, -0.15) is 0 Å². The molecule has 0 unspecified atom stereocenters. The first-order chi connectivity index (χ1) is 8.78.